The van der Waals surface area contributed by atoms with Crippen LogP contribution in [0.2, 0.25) is 0 Å². The van der Waals surface area contributed by atoms with Crippen molar-refractivity contribution >= 4 is 0 Å². The third-order valence-electron chi connectivity index (χ3n) is 2.80. The molecule has 0 aromatic carbocycles. The van der Waals surface area contributed by atoms with Gasteiger partial charge < -0.3 is 10.8 Å². The van der Waals surface area contributed by atoms with E-state index in [-0.39, 0.29) is 18.1 Å². The summed E-state index contributed by atoms with van der Waals surface area (Å²) < 4.78 is 0. The van der Waals surface area contributed by atoms with Crippen LogP contribution in [0.3, 0.4) is 0 Å². The van der Waals surface area contributed by atoms with Crippen LogP contribution in [0.15, 0.2) is 0 Å². The molecule has 0 aliphatic heterocycles. The molecule has 1 aliphatic carbocycles. The SMILES string of the molecule is CC1(C)CCC(CO)C1N. The smallest absolute Gasteiger partial charge is 0.0474 e. The summed E-state index contributed by atoms with van der Waals surface area (Å²) in [7, 11) is 0. The Labute approximate surface area is 62.4 Å². The molecule has 0 amide bonds. The van der Waals surface area contributed by atoms with Gasteiger partial charge in [-0.1, -0.05) is 13.8 Å². The molecule has 2 heteroatoms. The number of nitrogens with two attached hydrogens (primary N) is 1. The van der Waals surface area contributed by atoms with Gasteiger partial charge in [0.25, 0.3) is 0 Å². The van der Waals surface area contributed by atoms with Crippen molar-refractivity contribution in [2.45, 2.75) is 32.7 Å². The van der Waals surface area contributed by atoms with Crippen molar-refractivity contribution in [3.05, 3.63) is 0 Å². The van der Waals surface area contributed by atoms with E-state index in [1.165, 1.54) is 0 Å². The van der Waals surface area contributed by atoms with Crippen LogP contribution in [0, 0.1) is 11.3 Å². The molecule has 0 aromatic heterocycles. The van der Waals surface area contributed by atoms with Crippen molar-refractivity contribution in [2.24, 2.45) is 17.1 Å². The highest BCUT2D eigenvalue weighted by Crippen LogP contribution is 2.39. The summed E-state index contributed by atoms with van der Waals surface area (Å²) in [5.41, 5.74) is 6.15. The molecule has 0 saturated heterocycles. The van der Waals surface area contributed by atoms with Crippen molar-refractivity contribution in [2.75, 3.05) is 6.61 Å². The van der Waals surface area contributed by atoms with Gasteiger partial charge in [-0.05, 0) is 24.2 Å². The quantitative estimate of drug-likeness (QED) is 0.568. The van der Waals surface area contributed by atoms with Crippen molar-refractivity contribution in [3.8, 4) is 0 Å². The standard InChI is InChI=1S/C8H17NO/c1-8(2)4-3-6(5-10)7(8)9/h6-7,10H,3-5,9H2,1-2H3. The number of rotatable bonds is 1. The lowest BCUT2D eigenvalue weighted by Gasteiger charge is -2.25. The first-order chi connectivity index (χ1) is 4.58. The van der Waals surface area contributed by atoms with E-state index in [9.17, 15) is 0 Å². The fraction of sp³-hybridized carbons (Fsp3) is 1.00. The van der Waals surface area contributed by atoms with Crippen LogP contribution >= 0.6 is 0 Å². The normalized spacial score (nSPS) is 38.4. The Morgan fingerprint density at radius 1 is 1.60 bits per heavy atom. The van der Waals surface area contributed by atoms with Gasteiger partial charge in [-0.3, -0.25) is 0 Å². The van der Waals surface area contributed by atoms with Gasteiger partial charge in [0.05, 0.1) is 0 Å². The van der Waals surface area contributed by atoms with Crippen LogP contribution in [-0.4, -0.2) is 17.8 Å². The topological polar surface area (TPSA) is 46.2 Å². The summed E-state index contributed by atoms with van der Waals surface area (Å²) in [6, 6.07) is 0.192. The number of aliphatic hydroxyl groups excluding tert-OH is 1. The molecule has 1 fully saturated rings. The fourth-order valence-electron chi connectivity index (χ4n) is 1.75. The first-order valence-electron chi connectivity index (χ1n) is 3.94. The molecule has 2 atom stereocenters. The van der Waals surface area contributed by atoms with Gasteiger partial charge in [-0.2, -0.15) is 0 Å². The number of hydrogen-bond acceptors (Lipinski definition) is 2. The summed E-state index contributed by atoms with van der Waals surface area (Å²) in [5, 5.41) is 8.89. The van der Waals surface area contributed by atoms with E-state index in [4.69, 9.17) is 10.8 Å². The van der Waals surface area contributed by atoms with E-state index in [1.54, 1.807) is 0 Å². The van der Waals surface area contributed by atoms with Crippen molar-refractivity contribution in [1.82, 2.24) is 0 Å². The highest BCUT2D eigenvalue weighted by molar-refractivity contribution is 4.93. The molecule has 0 spiro atoms. The maximum Gasteiger partial charge on any atom is 0.0474 e. The van der Waals surface area contributed by atoms with E-state index in [0.717, 1.165) is 12.8 Å². The average Bonchev–Trinajstić information content (AvgIpc) is 2.10. The maximum atomic E-state index is 8.89. The maximum absolute atomic E-state index is 8.89. The molecule has 1 saturated carbocycles. The Balaban J connectivity index is 2.58. The molecule has 0 bridgehead atoms. The van der Waals surface area contributed by atoms with E-state index in [0.29, 0.717) is 5.92 Å². The Kier molecular flexibility index (Phi) is 2.02. The molecule has 3 N–H and O–H groups in total. The second-order valence-electron chi connectivity index (χ2n) is 4.00. The molecule has 1 rings (SSSR count). The molecule has 0 aromatic rings. The summed E-state index contributed by atoms with van der Waals surface area (Å²) in [6.07, 6.45) is 2.24. The van der Waals surface area contributed by atoms with Crippen LogP contribution in [0.25, 0.3) is 0 Å². The summed E-state index contributed by atoms with van der Waals surface area (Å²) >= 11 is 0. The fourth-order valence-corrected chi connectivity index (χ4v) is 1.75. The van der Waals surface area contributed by atoms with Gasteiger partial charge in [-0.15, -0.1) is 0 Å². The predicted octanol–water partition coefficient (Wildman–Crippen LogP) is 0.742. The summed E-state index contributed by atoms with van der Waals surface area (Å²) in [5.74, 6) is 0.343. The molecule has 0 heterocycles. The van der Waals surface area contributed by atoms with Crippen LogP contribution in [0.4, 0.5) is 0 Å². The van der Waals surface area contributed by atoms with Gasteiger partial charge in [0, 0.05) is 12.6 Å². The minimum atomic E-state index is 0.192. The van der Waals surface area contributed by atoms with Crippen LogP contribution in [0.5, 0.6) is 0 Å². The van der Waals surface area contributed by atoms with Crippen molar-refractivity contribution < 1.29 is 5.11 Å². The average molecular weight is 143 g/mol. The molecule has 10 heavy (non-hydrogen) atoms. The largest absolute Gasteiger partial charge is 0.396 e. The lowest BCUT2D eigenvalue weighted by atomic mass is 9.86. The van der Waals surface area contributed by atoms with Crippen LogP contribution in [-0.2, 0) is 0 Å². The van der Waals surface area contributed by atoms with Gasteiger partial charge in [-0.25, -0.2) is 0 Å². The molecular formula is C8H17NO. The van der Waals surface area contributed by atoms with Crippen LogP contribution < -0.4 is 5.73 Å². The summed E-state index contributed by atoms with van der Waals surface area (Å²) in [4.78, 5) is 0. The molecule has 60 valence electrons. The Morgan fingerprint density at radius 3 is 2.40 bits per heavy atom. The first kappa shape index (κ1) is 8.02. The van der Waals surface area contributed by atoms with Gasteiger partial charge >= 0.3 is 0 Å². The molecule has 1 aliphatic rings. The van der Waals surface area contributed by atoms with Gasteiger partial charge in [0.15, 0.2) is 0 Å². The molecule has 2 unspecified atom stereocenters. The third kappa shape index (κ3) is 1.18. The molecular weight excluding hydrogens is 126 g/mol. The second kappa shape index (κ2) is 2.51. The minimum Gasteiger partial charge on any atom is -0.396 e. The van der Waals surface area contributed by atoms with E-state index >= 15 is 0 Å². The minimum absolute atomic E-state index is 0.192. The Morgan fingerprint density at radius 2 is 2.20 bits per heavy atom. The van der Waals surface area contributed by atoms with Crippen molar-refractivity contribution in [3.63, 3.8) is 0 Å². The zero-order chi connectivity index (χ0) is 7.78. The monoisotopic (exact) mass is 143 g/mol. The third-order valence-corrected chi connectivity index (χ3v) is 2.80. The highest BCUT2D eigenvalue weighted by atomic mass is 16.3. The van der Waals surface area contributed by atoms with Crippen LogP contribution in [0.1, 0.15) is 26.7 Å². The Bertz CT molecular complexity index is 122. The zero-order valence-corrected chi connectivity index (χ0v) is 6.80. The van der Waals surface area contributed by atoms with E-state index in [2.05, 4.69) is 13.8 Å². The van der Waals surface area contributed by atoms with E-state index in [1.807, 2.05) is 0 Å². The first-order valence-corrected chi connectivity index (χ1v) is 3.94. The lowest BCUT2D eigenvalue weighted by Crippen LogP contribution is -2.38. The highest BCUT2D eigenvalue weighted by Gasteiger charge is 2.38. The molecule has 2 nitrogen and oxygen atoms in total. The Hall–Kier alpha value is -0.0800. The number of aliphatic hydroxyl groups is 1. The second-order valence-corrected chi connectivity index (χ2v) is 4.00. The predicted molar refractivity (Wildman–Crippen MR) is 41.6 cm³/mol. The van der Waals surface area contributed by atoms with Crippen molar-refractivity contribution in [1.29, 1.82) is 0 Å². The number of hydrogen-bond donors (Lipinski definition) is 2. The lowest BCUT2D eigenvalue weighted by molar-refractivity contribution is 0.195. The van der Waals surface area contributed by atoms with Gasteiger partial charge in [0.1, 0.15) is 0 Å². The zero-order valence-electron chi connectivity index (χ0n) is 6.80. The molecule has 0 radical (unpaired) electrons. The van der Waals surface area contributed by atoms with E-state index < -0.39 is 0 Å². The van der Waals surface area contributed by atoms with Gasteiger partial charge in [0.2, 0.25) is 0 Å². The summed E-state index contributed by atoms with van der Waals surface area (Å²) in [6.45, 7) is 4.60.